The first-order valence-electron chi connectivity index (χ1n) is 11.5. The summed E-state index contributed by atoms with van der Waals surface area (Å²) >= 11 is 0. The lowest BCUT2D eigenvalue weighted by molar-refractivity contribution is -0.138. The van der Waals surface area contributed by atoms with Gasteiger partial charge in [-0.2, -0.15) is 0 Å². The van der Waals surface area contributed by atoms with Crippen LogP contribution in [0.15, 0.2) is 36.4 Å². The Morgan fingerprint density at radius 2 is 1.78 bits per heavy atom. The first-order valence-corrected chi connectivity index (χ1v) is 11.5. The van der Waals surface area contributed by atoms with Crippen molar-refractivity contribution < 1.29 is 14.0 Å². The van der Waals surface area contributed by atoms with E-state index in [1.807, 2.05) is 4.90 Å². The number of aryl methyl sites for hydroxylation is 2. The zero-order valence-electron chi connectivity index (χ0n) is 19.0. The van der Waals surface area contributed by atoms with Gasteiger partial charge in [-0.3, -0.25) is 9.59 Å². The number of piperidine rings is 1. The van der Waals surface area contributed by atoms with Crippen LogP contribution in [0.1, 0.15) is 45.5 Å². The molecule has 0 saturated carbocycles. The Kier molecular flexibility index (Phi) is 6.89. The number of fused-ring (bicyclic) bond motifs is 1. The maximum Gasteiger partial charge on any atom is 0.251 e. The van der Waals surface area contributed by atoms with E-state index in [0.29, 0.717) is 25.2 Å². The smallest absolute Gasteiger partial charge is 0.251 e. The summed E-state index contributed by atoms with van der Waals surface area (Å²) in [6, 6.07) is 10.1. The highest BCUT2D eigenvalue weighted by Gasteiger charge is 2.31. The molecule has 170 valence electrons. The summed E-state index contributed by atoms with van der Waals surface area (Å²) in [5, 5.41) is 2.90. The molecule has 5 nitrogen and oxygen atoms in total. The van der Waals surface area contributed by atoms with Crippen LogP contribution < -0.4 is 5.32 Å². The molecule has 2 aliphatic heterocycles. The monoisotopic (exact) mass is 437 g/mol. The quantitative estimate of drug-likeness (QED) is 0.779. The van der Waals surface area contributed by atoms with Crippen molar-refractivity contribution in [1.82, 2.24) is 15.1 Å². The number of halogens is 1. The maximum atomic E-state index is 13.3. The summed E-state index contributed by atoms with van der Waals surface area (Å²) in [7, 11) is 0. The number of nitrogens with one attached hydrogen (secondary N) is 1. The molecule has 0 radical (unpaired) electrons. The van der Waals surface area contributed by atoms with Crippen molar-refractivity contribution in [2.45, 2.75) is 39.7 Å². The summed E-state index contributed by atoms with van der Waals surface area (Å²) in [5.74, 6) is -0.279. The zero-order chi connectivity index (χ0) is 22.7. The molecule has 2 aliphatic rings. The Bertz CT molecular complexity index is 989. The van der Waals surface area contributed by atoms with E-state index in [2.05, 4.69) is 36.2 Å². The van der Waals surface area contributed by atoms with Crippen molar-refractivity contribution in [3.8, 4) is 0 Å². The second-order valence-electron chi connectivity index (χ2n) is 9.12. The minimum absolute atomic E-state index is 0.0182. The Hall–Kier alpha value is -2.73. The van der Waals surface area contributed by atoms with E-state index < -0.39 is 0 Å². The van der Waals surface area contributed by atoms with Gasteiger partial charge in [0.05, 0.1) is 5.92 Å². The van der Waals surface area contributed by atoms with Gasteiger partial charge in [-0.1, -0.05) is 12.1 Å². The molecule has 2 heterocycles. The van der Waals surface area contributed by atoms with Gasteiger partial charge >= 0.3 is 0 Å². The standard InChI is InChI=1S/C26H32FN3O2/c1-18-14-21-9-12-30(17-23(21)15-19(18)2)26(32)22-4-3-11-29(16-22)13-10-28-25(31)20-5-7-24(27)8-6-20/h5-8,14-15,22H,3-4,9-13,16-17H2,1-2H3,(H,28,31)/t22-/m0/s1. The fourth-order valence-corrected chi connectivity index (χ4v) is 4.79. The Morgan fingerprint density at radius 1 is 1.06 bits per heavy atom. The van der Waals surface area contributed by atoms with E-state index >= 15 is 0 Å². The molecule has 2 aromatic carbocycles. The second-order valence-corrected chi connectivity index (χ2v) is 9.12. The molecule has 1 fully saturated rings. The van der Waals surface area contributed by atoms with E-state index in [9.17, 15) is 14.0 Å². The minimum Gasteiger partial charge on any atom is -0.351 e. The summed E-state index contributed by atoms with van der Waals surface area (Å²) in [5.41, 5.74) is 5.71. The number of likely N-dealkylation sites (tertiary alicyclic amines) is 1. The van der Waals surface area contributed by atoms with E-state index in [1.54, 1.807) is 0 Å². The average Bonchev–Trinajstić information content (AvgIpc) is 2.79. The number of hydrogen-bond acceptors (Lipinski definition) is 3. The number of hydrogen-bond donors (Lipinski definition) is 1. The lowest BCUT2D eigenvalue weighted by Gasteiger charge is -2.37. The largest absolute Gasteiger partial charge is 0.351 e. The van der Waals surface area contributed by atoms with Gasteiger partial charge in [0.15, 0.2) is 0 Å². The molecule has 6 heteroatoms. The van der Waals surface area contributed by atoms with E-state index in [0.717, 1.165) is 38.9 Å². The molecule has 1 N–H and O–H groups in total. The van der Waals surface area contributed by atoms with E-state index in [1.165, 1.54) is 46.5 Å². The molecular formula is C26H32FN3O2. The number of nitrogens with zero attached hydrogens (tertiary/aromatic N) is 2. The summed E-state index contributed by atoms with van der Waals surface area (Å²) in [6.45, 7) is 8.66. The number of rotatable bonds is 5. The topological polar surface area (TPSA) is 52.7 Å². The maximum absolute atomic E-state index is 13.3. The van der Waals surface area contributed by atoms with Crippen LogP contribution in [-0.2, 0) is 17.8 Å². The number of amides is 2. The van der Waals surface area contributed by atoms with Crippen LogP contribution in [0.4, 0.5) is 4.39 Å². The molecule has 4 rings (SSSR count). The SMILES string of the molecule is Cc1cc2c(cc1C)CN(C(=O)[C@H]1CCCN(CCNC(=O)c3ccc(F)cc3)C1)CC2. The molecule has 2 amide bonds. The lowest BCUT2D eigenvalue weighted by atomic mass is 9.92. The van der Waals surface area contributed by atoms with Gasteiger partial charge in [0.25, 0.3) is 5.91 Å². The summed E-state index contributed by atoms with van der Waals surface area (Å²) in [4.78, 5) is 29.8. The third kappa shape index (κ3) is 5.18. The second kappa shape index (κ2) is 9.82. The highest BCUT2D eigenvalue weighted by molar-refractivity contribution is 5.94. The van der Waals surface area contributed by atoms with Crippen molar-refractivity contribution >= 4 is 11.8 Å². The predicted molar refractivity (Wildman–Crippen MR) is 123 cm³/mol. The van der Waals surface area contributed by atoms with Gasteiger partial charge in [0.2, 0.25) is 5.91 Å². The Labute approximate surface area is 189 Å². The molecule has 1 atom stereocenters. The van der Waals surface area contributed by atoms with Gasteiger partial charge in [0, 0.05) is 38.3 Å². The molecule has 0 aromatic heterocycles. The van der Waals surface area contributed by atoms with Crippen molar-refractivity contribution in [1.29, 1.82) is 0 Å². The van der Waals surface area contributed by atoms with Crippen LogP contribution >= 0.6 is 0 Å². The van der Waals surface area contributed by atoms with Gasteiger partial charge in [-0.15, -0.1) is 0 Å². The van der Waals surface area contributed by atoms with Gasteiger partial charge in [0.1, 0.15) is 5.82 Å². The third-order valence-electron chi connectivity index (χ3n) is 6.81. The van der Waals surface area contributed by atoms with Crippen molar-refractivity contribution in [2.75, 3.05) is 32.7 Å². The number of carbonyl (C=O) groups is 2. The average molecular weight is 438 g/mol. The predicted octanol–water partition coefficient (Wildman–Crippen LogP) is 3.47. The van der Waals surface area contributed by atoms with Crippen molar-refractivity contribution in [3.63, 3.8) is 0 Å². The molecule has 0 bridgehead atoms. The highest BCUT2D eigenvalue weighted by Crippen LogP contribution is 2.26. The van der Waals surface area contributed by atoms with Gasteiger partial charge < -0.3 is 15.1 Å². The molecule has 0 spiro atoms. The minimum atomic E-state index is -0.354. The highest BCUT2D eigenvalue weighted by atomic mass is 19.1. The van der Waals surface area contributed by atoms with Crippen molar-refractivity contribution in [3.05, 3.63) is 70.0 Å². The molecule has 2 aromatic rings. The molecule has 32 heavy (non-hydrogen) atoms. The van der Waals surface area contributed by atoms with Crippen LogP contribution in [0.25, 0.3) is 0 Å². The zero-order valence-corrected chi connectivity index (χ0v) is 19.0. The lowest BCUT2D eigenvalue weighted by Crippen LogP contribution is -2.47. The molecule has 0 unspecified atom stereocenters. The normalized spacial score (nSPS) is 18.8. The molecular weight excluding hydrogens is 405 g/mol. The fraction of sp³-hybridized carbons (Fsp3) is 0.462. The van der Waals surface area contributed by atoms with Gasteiger partial charge in [-0.05, 0) is 86.2 Å². The van der Waals surface area contributed by atoms with Crippen LogP contribution in [0.2, 0.25) is 0 Å². The van der Waals surface area contributed by atoms with E-state index in [4.69, 9.17) is 0 Å². The summed E-state index contributed by atoms with van der Waals surface area (Å²) in [6.07, 6.45) is 2.84. The first-order chi connectivity index (χ1) is 15.4. The summed E-state index contributed by atoms with van der Waals surface area (Å²) < 4.78 is 13.0. The number of benzene rings is 2. The molecule has 1 saturated heterocycles. The van der Waals surface area contributed by atoms with Crippen LogP contribution in [0, 0.1) is 25.6 Å². The van der Waals surface area contributed by atoms with Crippen LogP contribution in [-0.4, -0.2) is 54.3 Å². The van der Waals surface area contributed by atoms with Crippen LogP contribution in [0.5, 0.6) is 0 Å². The Morgan fingerprint density at radius 3 is 2.53 bits per heavy atom. The fourth-order valence-electron chi connectivity index (χ4n) is 4.79. The molecule has 0 aliphatic carbocycles. The van der Waals surface area contributed by atoms with Crippen LogP contribution in [0.3, 0.4) is 0 Å². The number of carbonyl (C=O) groups excluding carboxylic acids is 2. The first kappa shape index (κ1) is 22.5. The van der Waals surface area contributed by atoms with E-state index in [-0.39, 0.29) is 23.5 Å². The Balaban J connectivity index is 1.28. The third-order valence-corrected chi connectivity index (χ3v) is 6.81. The van der Waals surface area contributed by atoms with Gasteiger partial charge in [-0.25, -0.2) is 4.39 Å². The van der Waals surface area contributed by atoms with Crippen molar-refractivity contribution in [2.24, 2.45) is 5.92 Å².